The average molecular weight is 271 g/mol. The first-order valence-corrected chi connectivity index (χ1v) is 6.41. The zero-order chi connectivity index (χ0) is 13.5. The van der Waals surface area contributed by atoms with E-state index in [1.807, 2.05) is 13.8 Å². The molecule has 1 atom stereocenters. The normalized spacial score (nSPS) is 12.0. The van der Waals surface area contributed by atoms with Gasteiger partial charge in [-0.05, 0) is 31.5 Å². The number of carbonyl (C=O) groups excluding carboxylic acids is 1. The number of urea groups is 1. The van der Waals surface area contributed by atoms with Gasteiger partial charge < -0.3 is 15.3 Å². The number of hydrogen-bond acceptors (Lipinski definition) is 2. The number of aliphatic hydroxyl groups excluding tert-OH is 1. The van der Waals surface area contributed by atoms with Crippen LogP contribution in [0, 0.1) is 0 Å². The summed E-state index contributed by atoms with van der Waals surface area (Å²) >= 11 is 5.80. The van der Waals surface area contributed by atoms with Gasteiger partial charge in [0.05, 0.1) is 12.6 Å². The topological polar surface area (TPSA) is 52.6 Å². The summed E-state index contributed by atoms with van der Waals surface area (Å²) in [5, 5.41) is 12.8. The van der Waals surface area contributed by atoms with Crippen LogP contribution in [0.3, 0.4) is 0 Å². The lowest BCUT2D eigenvalue weighted by Crippen LogP contribution is -2.42. The third kappa shape index (κ3) is 3.89. The van der Waals surface area contributed by atoms with Crippen molar-refractivity contribution >= 4 is 17.6 Å². The smallest absolute Gasteiger partial charge is 0.317 e. The number of amides is 2. The van der Waals surface area contributed by atoms with Crippen LogP contribution in [-0.4, -0.2) is 35.7 Å². The maximum atomic E-state index is 11.9. The number of rotatable bonds is 5. The van der Waals surface area contributed by atoms with Gasteiger partial charge in [0, 0.05) is 18.1 Å². The molecular weight excluding hydrogens is 252 g/mol. The lowest BCUT2D eigenvalue weighted by molar-refractivity contribution is 0.186. The molecule has 1 rings (SSSR count). The Hall–Kier alpha value is -1.26. The lowest BCUT2D eigenvalue weighted by atomic mass is 10.1. The van der Waals surface area contributed by atoms with Crippen molar-refractivity contribution in [2.75, 3.05) is 19.7 Å². The zero-order valence-corrected chi connectivity index (χ0v) is 11.4. The van der Waals surface area contributed by atoms with Crippen molar-refractivity contribution < 1.29 is 9.90 Å². The first-order valence-electron chi connectivity index (χ1n) is 6.04. The number of halogens is 1. The molecule has 4 nitrogen and oxygen atoms in total. The van der Waals surface area contributed by atoms with E-state index in [1.54, 1.807) is 29.2 Å². The molecule has 0 aromatic heterocycles. The van der Waals surface area contributed by atoms with E-state index in [9.17, 15) is 9.90 Å². The van der Waals surface area contributed by atoms with Gasteiger partial charge in [-0.2, -0.15) is 0 Å². The number of aliphatic hydroxyl groups is 1. The average Bonchev–Trinajstić information content (AvgIpc) is 2.38. The van der Waals surface area contributed by atoms with Gasteiger partial charge in [0.2, 0.25) is 0 Å². The summed E-state index contributed by atoms with van der Waals surface area (Å²) in [6.07, 6.45) is 0. The van der Waals surface area contributed by atoms with Gasteiger partial charge >= 0.3 is 6.03 Å². The molecule has 0 aliphatic rings. The molecule has 0 aliphatic heterocycles. The van der Waals surface area contributed by atoms with Crippen molar-refractivity contribution in [3.63, 3.8) is 0 Å². The lowest BCUT2D eigenvalue weighted by Gasteiger charge is -2.23. The van der Waals surface area contributed by atoms with Gasteiger partial charge in [-0.15, -0.1) is 0 Å². The summed E-state index contributed by atoms with van der Waals surface area (Å²) in [5.74, 6) is 0. The van der Waals surface area contributed by atoms with Crippen molar-refractivity contribution in [2.45, 2.75) is 19.9 Å². The fourth-order valence-corrected chi connectivity index (χ4v) is 1.81. The largest absolute Gasteiger partial charge is 0.394 e. The quantitative estimate of drug-likeness (QED) is 0.863. The van der Waals surface area contributed by atoms with Crippen LogP contribution < -0.4 is 5.32 Å². The fourth-order valence-electron chi connectivity index (χ4n) is 1.68. The molecule has 0 spiro atoms. The standard InChI is InChI=1S/C13H19ClN2O2/c1-3-16(4-2)13(18)15-12(9-17)10-5-7-11(14)8-6-10/h5-8,12,17H,3-4,9H2,1-2H3,(H,15,18). The van der Waals surface area contributed by atoms with Crippen molar-refractivity contribution in [3.8, 4) is 0 Å². The van der Waals surface area contributed by atoms with Crippen molar-refractivity contribution in [1.29, 1.82) is 0 Å². The van der Waals surface area contributed by atoms with Crippen LogP contribution in [0.15, 0.2) is 24.3 Å². The van der Waals surface area contributed by atoms with E-state index in [0.717, 1.165) is 5.56 Å². The van der Waals surface area contributed by atoms with Gasteiger partial charge in [-0.25, -0.2) is 4.79 Å². The van der Waals surface area contributed by atoms with Gasteiger partial charge in [-0.3, -0.25) is 0 Å². The van der Waals surface area contributed by atoms with Gasteiger partial charge in [-0.1, -0.05) is 23.7 Å². The molecular formula is C13H19ClN2O2. The highest BCUT2D eigenvalue weighted by Gasteiger charge is 2.16. The van der Waals surface area contributed by atoms with Crippen molar-refractivity contribution in [2.24, 2.45) is 0 Å². The second-order valence-electron chi connectivity index (χ2n) is 3.91. The Morgan fingerprint density at radius 2 is 1.89 bits per heavy atom. The Balaban J connectivity index is 2.73. The molecule has 0 bridgehead atoms. The summed E-state index contributed by atoms with van der Waals surface area (Å²) in [5.41, 5.74) is 0.836. The first-order chi connectivity index (χ1) is 8.62. The van der Waals surface area contributed by atoms with E-state index in [1.165, 1.54) is 0 Å². The molecule has 0 radical (unpaired) electrons. The summed E-state index contributed by atoms with van der Waals surface area (Å²) in [7, 11) is 0. The molecule has 2 N–H and O–H groups in total. The number of benzene rings is 1. The molecule has 0 heterocycles. The maximum Gasteiger partial charge on any atom is 0.317 e. The van der Waals surface area contributed by atoms with E-state index >= 15 is 0 Å². The minimum absolute atomic E-state index is 0.144. The SMILES string of the molecule is CCN(CC)C(=O)NC(CO)c1ccc(Cl)cc1. The molecule has 0 fully saturated rings. The maximum absolute atomic E-state index is 11.9. The summed E-state index contributed by atoms with van der Waals surface area (Å²) < 4.78 is 0. The van der Waals surface area contributed by atoms with E-state index in [-0.39, 0.29) is 12.6 Å². The van der Waals surface area contributed by atoms with Crippen LogP contribution in [-0.2, 0) is 0 Å². The predicted molar refractivity (Wildman–Crippen MR) is 72.7 cm³/mol. The monoisotopic (exact) mass is 270 g/mol. The van der Waals surface area contributed by atoms with E-state index in [2.05, 4.69) is 5.32 Å². The Morgan fingerprint density at radius 3 is 2.33 bits per heavy atom. The fraction of sp³-hybridized carbons (Fsp3) is 0.462. The summed E-state index contributed by atoms with van der Waals surface area (Å²) in [6, 6.07) is 6.49. The van der Waals surface area contributed by atoms with E-state index in [0.29, 0.717) is 18.1 Å². The highest BCUT2D eigenvalue weighted by molar-refractivity contribution is 6.30. The summed E-state index contributed by atoms with van der Waals surface area (Å²) in [6.45, 7) is 4.97. The Bertz CT molecular complexity index is 377. The molecule has 0 aliphatic carbocycles. The second-order valence-corrected chi connectivity index (χ2v) is 4.34. The second kappa shape index (κ2) is 7.24. The molecule has 100 valence electrons. The highest BCUT2D eigenvalue weighted by Crippen LogP contribution is 2.16. The number of hydrogen-bond donors (Lipinski definition) is 2. The molecule has 5 heteroatoms. The first kappa shape index (κ1) is 14.8. The number of nitrogens with zero attached hydrogens (tertiary/aromatic N) is 1. The molecule has 1 unspecified atom stereocenters. The molecule has 2 amide bonds. The third-order valence-corrected chi connectivity index (χ3v) is 3.06. The van der Waals surface area contributed by atoms with E-state index in [4.69, 9.17) is 11.6 Å². The van der Waals surface area contributed by atoms with Crippen LogP contribution in [0.2, 0.25) is 5.02 Å². The Kier molecular flexibility index (Phi) is 5.95. The molecule has 18 heavy (non-hydrogen) atoms. The molecule has 1 aromatic carbocycles. The van der Waals surface area contributed by atoms with E-state index < -0.39 is 6.04 Å². The van der Waals surface area contributed by atoms with Gasteiger partial charge in [0.15, 0.2) is 0 Å². The van der Waals surface area contributed by atoms with Gasteiger partial charge in [0.1, 0.15) is 0 Å². The van der Waals surface area contributed by atoms with Crippen molar-refractivity contribution in [1.82, 2.24) is 10.2 Å². The Morgan fingerprint density at radius 1 is 1.33 bits per heavy atom. The number of carbonyl (C=O) groups is 1. The van der Waals surface area contributed by atoms with Gasteiger partial charge in [0.25, 0.3) is 0 Å². The minimum atomic E-state index is -0.407. The molecule has 0 saturated carbocycles. The van der Waals surface area contributed by atoms with Crippen LogP contribution in [0.5, 0.6) is 0 Å². The predicted octanol–water partition coefficient (Wildman–Crippen LogP) is 2.42. The van der Waals surface area contributed by atoms with Crippen LogP contribution in [0.25, 0.3) is 0 Å². The van der Waals surface area contributed by atoms with Crippen LogP contribution in [0.1, 0.15) is 25.5 Å². The van der Waals surface area contributed by atoms with Crippen molar-refractivity contribution in [3.05, 3.63) is 34.9 Å². The molecule has 0 saturated heterocycles. The third-order valence-electron chi connectivity index (χ3n) is 2.80. The molecule has 1 aromatic rings. The highest BCUT2D eigenvalue weighted by atomic mass is 35.5. The van der Waals surface area contributed by atoms with Crippen LogP contribution in [0.4, 0.5) is 4.79 Å². The zero-order valence-electron chi connectivity index (χ0n) is 10.7. The van der Waals surface area contributed by atoms with Crippen LogP contribution >= 0.6 is 11.6 Å². The minimum Gasteiger partial charge on any atom is -0.394 e. The summed E-state index contributed by atoms with van der Waals surface area (Å²) in [4.78, 5) is 13.6. The Labute approximate surface area is 113 Å². The number of nitrogens with one attached hydrogen (secondary N) is 1.